The summed E-state index contributed by atoms with van der Waals surface area (Å²) < 4.78 is 7.26. The molecule has 0 aliphatic heterocycles. The van der Waals surface area contributed by atoms with E-state index in [9.17, 15) is 10.1 Å². The molecule has 0 radical (unpaired) electrons. The van der Waals surface area contributed by atoms with Crippen molar-refractivity contribution in [3.8, 4) is 6.07 Å². The van der Waals surface area contributed by atoms with Gasteiger partial charge in [0.1, 0.15) is 0 Å². The Morgan fingerprint density at radius 2 is 1.21 bits per heavy atom. The Balaban J connectivity index is 1.55. The molecular formula is C30H29N7O. The number of rotatable bonds is 4. The summed E-state index contributed by atoms with van der Waals surface area (Å²) in [6.45, 7) is 8.95. The van der Waals surface area contributed by atoms with Gasteiger partial charge in [0.25, 0.3) is 0 Å². The fraction of sp³-hybridized carbons (Fsp3) is 0.267. The molecule has 6 rings (SSSR count). The van der Waals surface area contributed by atoms with Gasteiger partial charge in [-0.3, -0.25) is 18.5 Å². The van der Waals surface area contributed by atoms with Gasteiger partial charge in [0.15, 0.2) is 0 Å². The molecule has 0 atom stereocenters. The number of hydrogen-bond acceptors (Lipinski definition) is 4. The normalized spacial score (nSPS) is 11.7. The first-order chi connectivity index (χ1) is 18.2. The van der Waals surface area contributed by atoms with Crippen molar-refractivity contribution in [2.24, 2.45) is 14.1 Å². The van der Waals surface area contributed by atoms with E-state index in [2.05, 4.69) is 58.0 Å². The highest BCUT2D eigenvalue weighted by molar-refractivity contribution is 5.87. The van der Waals surface area contributed by atoms with Crippen molar-refractivity contribution >= 4 is 32.8 Å². The minimum Gasteiger partial charge on any atom is -0.286 e. The van der Waals surface area contributed by atoms with Crippen LogP contribution in [0.15, 0.2) is 47.3 Å². The standard InChI is InChI=1S/C30H29N7O/c1-17-9-19(3)28-22(32-34(5)26(28)11-17)15-36-24-8-7-21(14-31)13-25(24)37(30(36)38)16-23-29-20(4)10-18(2)12-27(29)35(6)33-23/h7-13H,15-16H2,1-6H3. The van der Waals surface area contributed by atoms with Crippen LogP contribution in [-0.4, -0.2) is 28.7 Å². The van der Waals surface area contributed by atoms with Crippen LogP contribution in [0, 0.1) is 39.0 Å². The van der Waals surface area contributed by atoms with Crippen LogP contribution in [0.2, 0.25) is 0 Å². The van der Waals surface area contributed by atoms with E-state index in [-0.39, 0.29) is 5.69 Å². The van der Waals surface area contributed by atoms with Gasteiger partial charge < -0.3 is 0 Å². The highest BCUT2D eigenvalue weighted by Crippen LogP contribution is 2.28. The maximum Gasteiger partial charge on any atom is 0.329 e. The van der Waals surface area contributed by atoms with E-state index < -0.39 is 0 Å². The van der Waals surface area contributed by atoms with Crippen molar-refractivity contribution in [3.05, 3.63) is 92.2 Å². The van der Waals surface area contributed by atoms with Crippen LogP contribution in [0.5, 0.6) is 0 Å². The smallest absolute Gasteiger partial charge is 0.286 e. The number of hydrogen-bond donors (Lipinski definition) is 0. The molecule has 0 fully saturated rings. The van der Waals surface area contributed by atoms with Crippen molar-refractivity contribution in [2.45, 2.75) is 40.8 Å². The van der Waals surface area contributed by atoms with Crippen molar-refractivity contribution in [2.75, 3.05) is 0 Å². The third-order valence-corrected chi connectivity index (χ3v) is 7.50. The first-order valence-corrected chi connectivity index (χ1v) is 12.6. The molecule has 0 unspecified atom stereocenters. The Morgan fingerprint density at radius 3 is 1.71 bits per heavy atom. The van der Waals surface area contributed by atoms with Crippen LogP contribution in [-0.2, 0) is 27.2 Å². The molecule has 0 saturated heterocycles. The summed E-state index contributed by atoms with van der Waals surface area (Å²) >= 11 is 0. The largest absolute Gasteiger partial charge is 0.329 e. The van der Waals surface area contributed by atoms with Crippen LogP contribution in [0.25, 0.3) is 32.8 Å². The zero-order valence-corrected chi connectivity index (χ0v) is 22.5. The monoisotopic (exact) mass is 503 g/mol. The van der Waals surface area contributed by atoms with E-state index in [1.165, 1.54) is 11.1 Å². The number of fused-ring (bicyclic) bond motifs is 3. The molecular weight excluding hydrogens is 474 g/mol. The number of aryl methyl sites for hydroxylation is 6. The third-order valence-electron chi connectivity index (χ3n) is 7.50. The molecule has 0 N–H and O–H groups in total. The zero-order chi connectivity index (χ0) is 26.9. The van der Waals surface area contributed by atoms with Gasteiger partial charge in [0, 0.05) is 24.9 Å². The number of nitrogens with zero attached hydrogens (tertiary/aromatic N) is 7. The SMILES string of the molecule is Cc1cc(C)c2c(Cn3c(=O)n(Cc4nn(C)c5cc(C)cc(C)c45)c4cc(C#N)ccc43)nn(C)c2c1. The molecule has 3 aromatic heterocycles. The molecule has 8 nitrogen and oxygen atoms in total. The van der Waals surface area contributed by atoms with Crippen LogP contribution in [0.4, 0.5) is 0 Å². The predicted octanol–water partition coefficient (Wildman–Crippen LogP) is 4.78. The van der Waals surface area contributed by atoms with E-state index in [1.807, 2.05) is 29.5 Å². The lowest BCUT2D eigenvalue weighted by Gasteiger charge is -2.04. The lowest BCUT2D eigenvalue weighted by molar-refractivity contribution is 0.663. The second-order valence-electron chi connectivity index (χ2n) is 10.4. The maximum absolute atomic E-state index is 14.0. The molecule has 0 aliphatic carbocycles. The molecule has 3 heterocycles. The Morgan fingerprint density at radius 1 is 0.711 bits per heavy atom. The van der Waals surface area contributed by atoms with E-state index >= 15 is 0 Å². The summed E-state index contributed by atoms with van der Waals surface area (Å²) in [6.07, 6.45) is 0. The maximum atomic E-state index is 14.0. The Kier molecular flexibility index (Phi) is 5.28. The van der Waals surface area contributed by atoms with E-state index in [0.29, 0.717) is 24.2 Å². The lowest BCUT2D eigenvalue weighted by Crippen LogP contribution is -2.25. The van der Waals surface area contributed by atoms with Gasteiger partial charge in [0.2, 0.25) is 0 Å². The molecule has 0 spiro atoms. The number of nitriles is 1. The van der Waals surface area contributed by atoms with E-state index in [0.717, 1.165) is 49.8 Å². The summed E-state index contributed by atoms with van der Waals surface area (Å²) in [5, 5.41) is 21.3. The summed E-state index contributed by atoms with van der Waals surface area (Å²) in [6, 6.07) is 16.2. The summed E-state index contributed by atoms with van der Waals surface area (Å²) in [5.74, 6) is 0. The summed E-state index contributed by atoms with van der Waals surface area (Å²) in [5.41, 5.74) is 10.2. The molecule has 3 aromatic carbocycles. The minimum absolute atomic E-state index is 0.151. The van der Waals surface area contributed by atoms with Gasteiger partial charge >= 0.3 is 5.69 Å². The number of imidazole rings is 1. The molecule has 8 heteroatoms. The van der Waals surface area contributed by atoms with Gasteiger partial charge in [-0.15, -0.1) is 0 Å². The first-order valence-electron chi connectivity index (χ1n) is 12.6. The van der Waals surface area contributed by atoms with Crippen molar-refractivity contribution < 1.29 is 0 Å². The van der Waals surface area contributed by atoms with Gasteiger partial charge in [0.05, 0.1) is 58.2 Å². The predicted molar refractivity (Wildman–Crippen MR) is 149 cm³/mol. The van der Waals surface area contributed by atoms with Crippen LogP contribution in [0.3, 0.4) is 0 Å². The average molecular weight is 504 g/mol. The molecule has 38 heavy (non-hydrogen) atoms. The van der Waals surface area contributed by atoms with Crippen molar-refractivity contribution in [1.29, 1.82) is 5.26 Å². The Hall–Kier alpha value is -4.64. The topological polar surface area (TPSA) is 86.4 Å². The minimum atomic E-state index is -0.151. The Bertz CT molecular complexity index is 2020. The van der Waals surface area contributed by atoms with Crippen LogP contribution >= 0.6 is 0 Å². The Labute approximate surface area is 219 Å². The van der Waals surface area contributed by atoms with Crippen molar-refractivity contribution in [3.63, 3.8) is 0 Å². The molecule has 6 aromatic rings. The molecule has 190 valence electrons. The zero-order valence-electron chi connectivity index (χ0n) is 22.5. The quantitative estimate of drug-likeness (QED) is 0.347. The second-order valence-corrected chi connectivity index (χ2v) is 10.4. The van der Waals surface area contributed by atoms with E-state index in [1.54, 1.807) is 21.3 Å². The molecule has 0 saturated carbocycles. The number of benzene rings is 3. The molecule has 0 aliphatic rings. The van der Waals surface area contributed by atoms with Crippen LogP contribution < -0.4 is 5.69 Å². The average Bonchev–Trinajstić information content (AvgIpc) is 3.44. The highest BCUT2D eigenvalue weighted by atomic mass is 16.1. The lowest BCUT2D eigenvalue weighted by atomic mass is 10.1. The molecule has 0 bridgehead atoms. The van der Waals surface area contributed by atoms with Gasteiger partial charge in [-0.1, -0.05) is 12.1 Å². The summed E-state index contributed by atoms with van der Waals surface area (Å²) in [4.78, 5) is 14.0. The van der Waals surface area contributed by atoms with Crippen LogP contribution in [0.1, 0.15) is 39.2 Å². The van der Waals surface area contributed by atoms with E-state index in [4.69, 9.17) is 10.2 Å². The van der Waals surface area contributed by atoms with Crippen molar-refractivity contribution in [1.82, 2.24) is 28.7 Å². The fourth-order valence-corrected chi connectivity index (χ4v) is 5.94. The van der Waals surface area contributed by atoms with Gasteiger partial charge in [-0.25, -0.2) is 4.79 Å². The molecule has 0 amide bonds. The van der Waals surface area contributed by atoms with Gasteiger partial charge in [-0.05, 0) is 80.3 Å². The third kappa shape index (κ3) is 3.54. The summed E-state index contributed by atoms with van der Waals surface area (Å²) in [7, 11) is 3.87. The van der Waals surface area contributed by atoms with Gasteiger partial charge in [-0.2, -0.15) is 15.5 Å². The second kappa shape index (κ2) is 8.45. The fourth-order valence-electron chi connectivity index (χ4n) is 5.94. The highest BCUT2D eigenvalue weighted by Gasteiger charge is 2.21. The first kappa shape index (κ1) is 23.7. The number of aromatic nitrogens is 6.